The molecule has 1 aromatic carbocycles. The molecule has 2 N–H and O–H groups in total. The average molecular weight is 286 g/mol. The van der Waals surface area contributed by atoms with Crippen LogP contribution in [0.25, 0.3) is 0 Å². The Labute approximate surface area is 117 Å². The van der Waals surface area contributed by atoms with Crippen LogP contribution in [0.15, 0.2) is 18.2 Å². The summed E-state index contributed by atoms with van der Waals surface area (Å²) in [5.74, 6) is 0.200. The van der Waals surface area contributed by atoms with Gasteiger partial charge in [0.2, 0.25) is 0 Å². The molecule has 0 aromatic heterocycles. The van der Waals surface area contributed by atoms with E-state index in [-0.39, 0.29) is 17.2 Å². The number of benzene rings is 1. The molecule has 4 heteroatoms. The minimum Gasteiger partial charge on any atom is -0.327 e. The average Bonchev–Trinajstić information content (AvgIpc) is 2.66. The molecule has 18 heavy (non-hydrogen) atoms. The number of hydrogen-bond acceptors (Lipinski definition) is 2. The molecule has 1 aromatic rings. The minimum atomic E-state index is -0.383. The van der Waals surface area contributed by atoms with Gasteiger partial charge in [0.15, 0.2) is 0 Å². The van der Waals surface area contributed by atoms with Gasteiger partial charge >= 0.3 is 0 Å². The Morgan fingerprint density at radius 1 is 1.44 bits per heavy atom. The van der Waals surface area contributed by atoms with Crippen molar-refractivity contribution in [3.05, 3.63) is 33.8 Å². The molecule has 1 fully saturated rings. The van der Waals surface area contributed by atoms with Crippen molar-refractivity contribution in [3.63, 3.8) is 0 Å². The highest BCUT2D eigenvalue weighted by Crippen LogP contribution is 2.38. The first-order chi connectivity index (χ1) is 8.43. The fourth-order valence-electron chi connectivity index (χ4n) is 2.58. The van der Waals surface area contributed by atoms with Crippen molar-refractivity contribution in [1.82, 2.24) is 0 Å². The molecule has 0 spiro atoms. The maximum absolute atomic E-state index is 12.4. The van der Waals surface area contributed by atoms with Crippen LogP contribution in [0.1, 0.15) is 31.7 Å². The second kappa shape index (κ2) is 5.20. The lowest BCUT2D eigenvalue weighted by atomic mass is 9.78. The summed E-state index contributed by atoms with van der Waals surface area (Å²) in [5.41, 5.74) is 6.57. The fourth-order valence-corrected chi connectivity index (χ4v) is 2.90. The normalized spacial score (nSPS) is 27.4. The zero-order valence-electron chi connectivity index (χ0n) is 10.4. The summed E-state index contributed by atoms with van der Waals surface area (Å²) in [5, 5.41) is 1.000. The summed E-state index contributed by atoms with van der Waals surface area (Å²) in [6, 6.07) is 5.30. The largest absolute Gasteiger partial charge is 0.327 e. The lowest BCUT2D eigenvalue weighted by Crippen LogP contribution is -2.41. The van der Waals surface area contributed by atoms with Gasteiger partial charge in [0.05, 0.1) is 10.0 Å². The van der Waals surface area contributed by atoms with Crippen molar-refractivity contribution >= 4 is 29.0 Å². The SMILES string of the molecule is CC1(C(=O)Cc2ccc(Cl)c(Cl)c2)CCCC1N. The van der Waals surface area contributed by atoms with Crippen LogP contribution in [-0.2, 0) is 11.2 Å². The number of carbonyl (C=O) groups excluding carboxylic acids is 1. The number of ketones is 1. The number of nitrogens with two attached hydrogens (primary N) is 1. The number of carbonyl (C=O) groups is 1. The third-order valence-corrected chi connectivity index (χ3v) is 4.75. The van der Waals surface area contributed by atoms with Crippen molar-refractivity contribution in [1.29, 1.82) is 0 Å². The van der Waals surface area contributed by atoms with Gasteiger partial charge in [-0.25, -0.2) is 0 Å². The Kier molecular flexibility index (Phi) is 4.00. The summed E-state index contributed by atoms with van der Waals surface area (Å²) in [4.78, 5) is 12.4. The Morgan fingerprint density at radius 3 is 2.72 bits per heavy atom. The molecule has 1 saturated carbocycles. The van der Waals surface area contributed by atoms with E-state index in [9.17, 15) is 4.79 Å². The van der Waals surface area contributed by atoms with Gasteiger partial charge in [-0.2, -0.15) is 0 Å². The van der Waals surface area contributed by atoms with Crippen molar-refractivity contribution in [2.75, 3.05) is 0 Å². The number of Topliss-reactive ketones (excluding diaryl/α,β-unsaturated/α-hetero) is 1. The molecular formula is C14H17Cl2NO. The van der Waals surface area contributed by atoms with Gasteiger partial charge in [-0.15, -0.1) is 0 Å². The topological polar surface area (TPSA) is 43.1 Å². The quantitative estimate of drug-likeness (QED) is 0.922. The molecule has 0 aliphatic heterocycles. The van der Waals surface area contributed by atoms with Crippen molar-refractivity contribution in [2.45, 2.75) is 38.6 Å². The molecular weight excluding hydrogens is 269 g/mol. The van der Waals surface area contributed by atoms with Crippen LogP contribution in [-0.4, -0.2) is 11.8 Å². The maximum atomic E-state index is 12.4. The summed E-state index contributed by atoms with van der Waals surface area (Å²) >= 11 is 11.8. The van der Waals surface area contributed by atoms with E-state index in [4.69, 9.17) is 28.9 Å². The maximum Gasteiger partial charge on any atom is 0.144 e. The lowest BCUT2D eigenvalue weighted by Gasteiger charge is -2.27. The molecule has 0 radical (unpaired) electrons. The van der Waals surface area contributed by atoms with Gasteiger partial charge < -0.3 is 5.73 Å². The zero-order valence-corrected chi connectivity index (χ0v) is 11.9. The molecule has 0 heterocycles. The van der Waals surface area contributed by atoms with Gasteiger partial charge in [0, 0.05) is 17.9 Å². The van der Waals surface area contributed by atoms with Crippen LogP contribution in [0.5, 0.6) is 0 Å². The van der Waals surface area contributed by atoms with E-state index in [2.05, 4.69) is 0 Å². The predicted octanol–water partition coefficient (Wildman–Crippen LogP) is 3.62. The summed E-state index contributed by atoms with van der Waals surface area (Å²) in [6.45, 7) is 1.98. The van der Waals surface area contributed by atoms with Gasteiger partial charge in [-0.3, -0.25) is 4.79 Å². The summed E-state index contributed by atoms with van der Waals surface area (Å²) in [7, 11) is 0. The van der Waals surface area contributed by atoms with Gasteiger partial charge in [0.25, 0.3) is 0 Å². The number of rotatable bonds is 3. The number of halogens is 2. The Morgan fingerprint density at radius 2 is 2.17 bits per heavy atom. The standard InChI is InChI=1S/C14H17Cl2NO/c1-14(6-2-3-12(14)17)13(18)8-9-4-5-10(15)11(16)7-9/h4-5,7,12H,2-3,6,8,17H2,1H3. The molecule has 0 bridgehead atoms. The summed E-state index contributed by atoms with van der Waals surface area (Å²) < 4.78 is 0. The van der Waals surface area contributed by atoms with Crippen molar-refractivity contribution in [3.8, 4) is 0 Å². The second-order valence-corrected chi connectivity index (χ2v) is 6.08. The van der Waals surface area contributed by atoms with E-state index >= 15 is 0 Å². The van der Waals surface area contributed by atoms with Crippen LogP contribution in [0.2, 0.25) is 10.0 Å². The van der Waals surface area contributed by atoms with E-state index in [1.54, 1.807) is 12.1 Å². The van der Waals surface area contributed by atoms with Crippen LogP contribution >= 0.6 is 23.2 Å². The molecule has 2 rings (SSSR count). The first-order valence-electron chi connectivity index (χ1n) is 6.16. The van der Waals surface area contributed by atoms with Crippen LogP contribution < -0.4 is 5.73 Å². The van der Waals surface area contributed by atoms with Gasteiger partial charge in [0.1, 0.15) is 5.78 Å². The minimum absolute atomic E-state index is 0.0206. The Balaban J connectivity index is 2.14. The third kappa shape index (κ3) is 2.56. The summed E-state index contributed by atoms with van der Waals surface area (Å²) in [6.07, 6.45) is 3.23. The molecule has 98 valence electrons. The van der Waals surface area contributed by atoms with Crippen molar-refractivity contribution < 1.29 is 4.79 Å². The monoisotopic (exact) mass is 285 g/mol. The third-order valence-electron chi connectivity index (χ3n) is 4.02. The van der Waals surface area contributed by atoms with Crippen LogP contribution in [0.3, 0.4) is 0 Å². The predicted molar refractivity (Wildman–Crippen MR) is 75.1 cm³/mol. The smallest absolute Gasteiger partial charge is 0.144 e. The molecule has 1 aliphatic carbocycles. The molecule has 0 amide bonds. The molecule has 2 nitrogen and oxygen atoms in total. The number of hydrogen-bond donors (Lipinski definition) is 1. The van der Waals surface area contributed by atoms with E-state index in [0.717, 1.165) is 24.8 Å². The molecule has 0 saturated heterocycles. The highest BCUT2D eigenvalue weighted by molar-refractivity contribution is 6.42. The molecule has 2 unspecified atom stereocenters. The first-order valence-corrected chi connectivity index (χ1v) is 6.92. The first kappa shape index (κ1) is 13.9. The molecule has 2 atom stereocenters. The molecule has 1 aliphatic rings. The van der Waals surface area contributed by atoms with E-state index in [1.807, 2.05) is 13.0 Å². The Hall–Kier alpha value is -0.570. The highest BCUT2D eigenvalue weighted by Gasteiger charge is 2.42. The highest BCUT2D eigenvalue weighted by atomic mass is 35.5. The second-order valence-electron chi connectivity index (χ2n) is 5.26. The van der Waals surface area contributed by atoms with Gasteiger partial charge in [-0.05, 0) is 30.5 Å². The van der Waals surface area contributed by atoms with E-state index in [1.165, 1.54) is 0 Å². The van der Waals surface area contributed by atoms with Crippen molar-refractivity contribution in [2.24, 2.45) is 11.1 Å². The van der Waals surface area contributed by atoms with E-state index in [0.29, 0.717) is 16.5 Å². The van der Waals surface area contributed by atoms with E-state index < -0.39 is 0 Å². The zero-order chi connectivity index (χ0) is 13.3. The fraction of sp³-hybridized carbons (Fsp3) is 0.500. The lowest BCUT2D eigenvalue weighted by molar-refractivity contribution is -0.127. The van der Waals surface area contributed by atoms with Crippen LogP contribution in [0.4, 0.5) is 0 Å². The van der Waals surface area contributed by atoms with Crippen LogP contribution in [0, 0.1) is 5.41 Å². The Bertz CT molecular complexity index is 475. The van der Waals surface area contributed by atoms with Gasteiger partial charge in [-0.1, -0.05) is 42.6 Å².